The highest BCUT2D eigenvalue weighted by atomic mass is 32.2. The van der Waals surface area contributed by atoms with E-state index in [1.807, 2.05) is 11.5 Å². The lowest BCUT2D eigenvalue weighted by Gasteiger charge is -2.29. The number of benzene rings is 1. The summed E-state index contributed by atoms with van der Waals surface area (Å²) < 4.78 is 1.84. The number of nitrogens with zero attached hydrogens (tertiary/aromatic N) is 4. The Labute approximate surface area is 190 Å². The maximum atomic E-state index is 12.4. The smallest absolute Gasteiger partial charge is 0.270 e. The van der Waals surface area contributed by atoms with Gasteiger partial charge in [0.25, 0.3) is 11.6 Å². The molecule has 2 N–H and O–H groups in total. The first-order chi connectivity index (χ1) is 15.4. The Morgan fingerprint density at radius 3 is 2.78 bits per heavy atom. The van der Waals surface area contributed by atoms with Gasteiger partial charge in [-0.2, -0.15) is 0 Å². The van der Waals surface area contributed by atoms with Gasteiger partial charge in [-0.25, -0.2) is 0 Å². The van der Waals surface area contributed by atoms with Crippen LogP contribution in [0.4, 0.5) is 5.69 Å². The van der Waals surface area contributed by atoms with Crippen molar-refractivity contribution in [3.05, 3.63) is 45.8 Å². The topological polar surface area (TPSA) is 132 Å². The van der Waals surface area contributed by atoms with Crippen molar-refractivity contribution in [2.45, 2.75) is 63.8 Å². The van der Waals surface area contributed by atoms with Crippen molar-refractivity contribution in [1.29, 1.82) is 0 Å². The molecule has 0 aliphatic heterocycles. The molecule has 1 aliphatic carbocycles. The highest BCUT2D eigenvalue weighted by molar-refractivity contribution is 7.99. The summed E-state index contributed by atoms with van der Waals surface area (Å²) in [5.74, 6) is 0.851. The Morgan fingerprint density at radius 2 is 2.06 bits per heavy atom. The van der Waals surface area contributed by atoms with Gasteiger partial charge in [0.2, 0.25) is 5.91 Å². The molecule has 2 atom stereocenters. The van der Waals surface area contributed by atoms with Gasteiger partial charge in [0.05, 0.1) is 17.2 Å². The second-order valence-corrected chi connectivity index (χ2v) is 8.80. The molecule has 0 bridgehead atoms. The minimum atomic E-state index is -0.543. The number of carbonyl (C=O) groups is 2. The van der Waals surface area contributed by atoms with Gasteiger partial charge in [-0.15, -0.1) is 10.2 Å². The second kappa shape index (κ2) is 11.1. The number of hydrogen-bond donors (Lipinski definition) is 2. The summed E-state index contributed by atoms with van der Waals surface area (Å²) in [6.07, 6.45) is 4.55. The van der Waals surface area contributed by atoms with Crippen LogP contribution in [0.1, 0.15) is 55.7 Å². The Kier molecular flexibility index (Phi) is 8.20. The minimum Gasteiger partial charge on any atom is -0.352 e. The third kappa shape index (κ3) is 6.06. The molecular formula is C21H28N6O4S. The molecule has 1 aliphatic rings. The Morgan fingerprint density at radius 1 is 1.28 bits per heavy atom. The number of amides is 2. The van der Waals surface area contributed by atoms with Gasteiger partial charge in [0.1, 0.15) is 0 Å². The predicted molar refractivity (Wildman–Crippen MR) is 120 cm³/mol. The molecule has 3 rings (SSSR count). The van der Waals surface area contributed by atoms with Gasteiger partial charge in [-0.05, 0) is 31.7 Å². The molecule has 1 heterocycles. The fourth-order valence-electron chi connectivity index (χ4n) is 3.81. The number of nitrogens with one attached hydrogen (secondary N) is 2. The number of nitro benzene ring substituents is 1. The first-order valence-electron chi connectivity index (χ1n) is 10.8. The fraction of sp³-hybridized carbons (Fsp3) is 0.524. The van der Waals surface area contributed by atoms with Gasteiger partial charge in [0.15, 0.2) is 11.0 Å². The lowest BCUT2D eigenvalue weighted by molar-refractivity contribution is -0.384. The van der Waals surface area contributed by atoms with Crippen molar-refractivity contribution in [3.63, 3.8) is 0 Å². The number of non-ortho nitro benzene ring substituents is 1. The highest BCUT2D eigenvalue weighted by Gasteiger charge is 2.23. The monoisotopic (exact) mass is 460 g/mol. The van der Waals surface area contributed by atoms with E-state index in [2.05, 4.69) is 27.8 Å². The number of nitro groups is 1. The van der Waals surface area contributed by atoms with Crippen LogP contribution in [-0.4, -0.2) is 43.3 Å². The molecule has 1 saturated carbocycles. The number of aromatic nitrogens is 3. The van der Waals surface area contributed by atoms with Crippen molar-refractivity contribution < 1.29 is 14.5 Å². The van der Waals surface area contributed by atoms with E-state index in [4.69, 9.17) is 0 Å². The molecule has 172 valence electrons. The molecule has 32 heavy (non-hydrogen) atoms. The Hall–Kier alpha value is -2.95. The number of hydrogen-bond acceptors (Lipinski definition) is 7. The predicted octanol–water partition coefficient (Wildman–Crippen LogP) is 2.92. The zero-order valence-corrected chi connectivity index (χ0v) is 19.1. The van der Waals surface area contributed by atoms with E-state index in [0.29, 0.717) is 23.4 Å². The first-order valence-corrected chi connectivity index (χ1v) is 11.7. The summed E-state index contributed by atoms with van der Waals surface area (Å²) in [5.41, 5.74) is 0.0546. The third-order valence-electron chi connectivity index (χ3n) is 5.63. The van der Waals surface area contributed by atoms with Crippen LogP contribution in [0.2, 0.25) is 0 Å². The fourth-order valence-corrected chi connectivity index (χ4v) is 4.64. The summed E-state index contributed by atoms with van der Waals surface area (Å²) in [7, 11) is 0. The van der Waals surface area contributed by atoms with E-state index < -0.39 is 10.8 Å². The molecule has 0 saturated heterocycles. The normalized spacial score (nSPS) is 18.2. The average Bonchev–Trinajstić information content (AvgIpc) is 3.19. The maximum absolute atomic E-state index is 12.4. The molecular weight excluding hydrogens is 432 g/mol. The molecule has 0 unspecified atom stereocenters. The molecule has 2 aromatic rings. The molecule has 10 nitrogen and oxygen atoms in total. The van der Waals surface area contributed by atoms with Crippen molar-refractivity contribution in [1.82, 2.24) is 25.4 Å². The molecule has 2 amide bonds. The number of thioether (sulfide) groups is 1. The molecule has 0 radical (unpaired) electrons. The van der Waals surface area contributed by atoms with Gasteiger partial charge < -0.3 is 15.2 Å². The van der Waals surface area contributed by atoms with Crippen LogP contribution in [0.5, 0.6) is 0 Å². The van der Waals surface area contributed by atoms with Crippen molar-refractivity contribution in [2.75, 3.05) is 5.75 Å². The summed E-state index contributed by atoms with van der Waals surface area (Å²) in [4.78, 5) is 35.1. The average molecular weight is 461 g/mol. The van der Waals surface area contributed by atoms with Crippen LogP contribution >= 0.6 is 11.8 Å². The SMILES string of the molecule is CCn1c(CNC(=O)c2cccc([N+](=O)[O-])c2)nnc1SCC(=O)N[C@H]1CCCC[C@@H]1C. The lowest BCUT2D eigenvalue weighted by atomic mass is 9.86. The van der Waals surface area contributed by atoms with Crippen molar-refractivity contribution in [2.24, 2.45) is 5.92 Å². The summed E-state index contributed by atoms with van der Waals surface area (Å²) >= 11 is 1.32. The molecule has 1 aromatic heterocycles. The maximum Gasteiger partial charge on any atom is 0.270 e. The van der Waals surface area contributed by atoms with E-state index in [9.17, 15) is 19.7 Å². The van der Waals surface area contributed by atoms with Crippen molar-refractivity contribution in [3.8, 4) is 0 Å². The molecule has 1 fully saturated rings. The van der Waals surface area contributed by atoms with Crippen LogP contribution in [0.15, 0.2) is 29.4 Å². The molecule has 11 heteroatoms. The van der Waals surface area contributed by atoms with Gasteiger partial charge in [-0.1, -0.05) is 37.6 Å². The van der Waals surface area contributed by atoms with Crippen LogP contribution in [0.25, 0.3) is 0 Å². The lowest BCUT2D eigenvalue weighted by Crippen LogP contribution is -2.41. The van der Waals surface area contributed by atoms with E-state index in [-0.39, 0.29) is 35.5 Å². The quantitative estimate of drug-likeness (QED) is 0.334. The Balaban J connectivity index is 1.55. The zero-order valence-electron chi connectivity index (χ0n) is 18.2. The van der Waals surface area contributed by atoms with Gasteiger partial charge in [-0.3, -0.25) is 19.7 Å². The van der Waals surface area contributed by atoms with Crippen LogP contribution < -0.4 is 10.6 Å². The molecule has 1 aromatic carbocycles. The van der Waals surface area contributed by atoms with Crippen LogP contribution in [0, 0.1) is 16.0 Å². The summed E-state index contributed by atoms with van der Waals surface area (Å²) in [6.45, 7) is 4.82. The van der Waals surface area contributed by atoms with Gasteiger partial charge >= 0.3 is 0 Å². The third-order valence-corrected chi connectivity index (χ3v) is 6.59. The van der Waals surface area contributed by atoms with E-state index in [1.165, 1.54) is 42.4 Å². The van der Waals surface area contributed by atoms with Crippen molar-refractivity contribution >= 4 is 29.3 Å². The first kappa shape index (κ1) is 23.7. The van der Waals surface area contributed by atoms with E-state index in [1.54, 1.807) is 0 Å². The van der Waals surface area contributed by atoms with Crippen LogP contribution in [-0.2, 0) is 17.9 Å². The van der Waals surface area contributed by atoms with Gasteiger partial charge in [0, 0.05) is 30.3 Å². The summed E-state index contributed by atoms with van der Waals surface area (Å²) in [6, 6.07) is 5.78. The zero-order chi connectivity index (χ0) is 23.1. The largest absolute Gasteiger partial charge is 0.352 e. The summed E-state index contributed by atoms with van der Waals surface area (Å²) in [5, 5.41) is 25.7. The number of rotatable bonds is 9. The number of carbonyl (C=O) groups excluding carboxylic acids is 2. The minimum absolute atomic E-state index is 0.0140. The van der Waals surface area contributed by atoms with E-state index in [0.717, 1.165) is 19.3 Å². The Bertz CT molecular complexity index is 979. The standard InChI is InChI=1S/C21H28N6O4S/c1-3-26-18(12-22-20(29)15-8-6-9-16(11-15)27(30)31)24-25-21(26)32-13-19(28)23-17-10-5-4-7-14(17)2/h6,8-9,11,14,17H,3-5,7,10,12-13H2,1-2H3,(H,22,29)(H,23,28)/t14-,17-/m0/s1. The molecule has 0 spiro atoms. The second-order valence-electron chi connectivity index (χ2n) is 7.86. The van der Waals surface area contributed by atoms with E-state index >= 15 is 0 Å². The van der Waals surface area contributed by atoms with Crippen LogP contribution in [0.3, 0.4) is 0 Å². The highest BCUT2D eigenvalue weighted by Crippen LogP contribution is 2.24.